The van der Waals surface area contributed by atoms with Crippen molar-refractivity contribution in [2.45, 2.75) is 29.9 Å². The standard InChI is InChI=1S/C24H22ClF3N4O3S/c1-32(2)22-18(12-20(34)35)21(25)30-23(31-22)36-13-15-5-9-17(10-6-15)29-19(33)11-14-3-7-16(8-4-14)24(26,27)28/h3-10H,11-13H2,1-2H3,(H,29,33)(H,34,35). The molecule has 0 unspecified atom stereocenters. The van der Waals surface area contributed by atoms with Crippen LogP contribution in [0.2, 0.25) is 5.15 Å². The summed E-state index contributed by atoms with van der Waals surface area (Å²) >= 11 is 7.54. The van der Waals surface area contributed by atoms with E-state index in [1.807, 2.05) is 12.1 Å². The SMILES string of the molecule is CN(C)c1nc(SCc2ccc(NC(=O)Cc3ccc(C(F)(F)F)cc3)cc2)nc(Cl)c1CC(=O)O. The molecule has 0 radical (unpaired) electrons. The first-order valence-corrected chi connectivity index (χ1v) is 11.9. The first-order valence-electron chi connectivity index (χ1n) is 10.6. The third kappa shape index (κ3) is 7.59. The van der Waals surface area contributed by atoms with Crippen LogP contribution in [0.1, 0.15) is 22.3 Å². The van der Waals surface area contributed by atoms with Gasteiger partial charge < -0.3 is 15.3 Å². The molecule has 0 fully saturated rings. The van der Waals surface area contributed by atoms with Crippen molar-refractivity contribution in [1.29, 1.82) is 0 Å². The number of thioether (sulfide) groups is 1. The number of hydrogen-bond donors (Lipinski definition) is 2. The molecule has 3 rings (SSSR count). The molecule has 2 aromatic carbocycles. The zero-order valence-corrected chi connectivity index (χ0v) is 20.8. The molecule has 0 aliphatic rings. The fourth-order valence-electron chi connectivity index (χ4n) is 3.20. The lowest BCUT2D eigenvalue weighted by Gasteiger charge is -2.17. The third-order valence-corrected chi connectivity index (χ3v) is 6.15. The molecule has 1 aromatic heterocycles. The van der Waals surface area contributed by atoms with Crippen LogP contribution in [0.25, 0.3) is 0 Å². The zero-order valence-electron chi connectivity index (χ0n) is 19.3. The Labute approximate surface area is 214 Å². The lowest BCUT2D eigenvalue weighted by atomic mass is 10.1. The first kappa shape index (κ1) is 27.3. The van der Waals surface area contributed by atoms with E-state index in [0.29, 0.717) is 33.5 Å². The highest BCUT2D eigenvalue weighted by molar-refractivity contribution is 7.98. The number of anilines is 2. The highest BCUT2D eigenvalue weighted by Gasteiger charge is 2.30. The van der Waals surface area contributed by atoms with Gasteiger partial charge in [0.2, 0.25) is 5.91 Å². The van der Waals surface area contributed by atoms with E-state index in [1.54, 1.807) is 31.1 Å². The lowest BCUT2D eigenvalue weighted by Crippen LogP contribution is -2.17. The third-order valence-electron chi connectivity index (χ3n) is 4.92. The number of amides is 1. The number of aromatic nitrogens is 2. The van der Waals surface area contributed by atoms with Crippen molar-refractivity contribution in [3.8, 4) is 0 Å². The van der Waals surface area contributed by atoms with Crippen LogP contribution in [0.5, 0.6) is 0 Å². The topological polar surface area (TPSA) is 95.4 Å². The second-order valence-corrected chi connectivity index (χ2v) is 9.27. The molecule has 36 heavy (non-hydrogen) atoms. The van der Waals surface area contributed by atoms with E-state index in [0.717, 1.165) is 17.7 Å². The summed E-state index contributed by atoms with van der Waals surface area (Å²) in [5, 5.41) is 12.3. The Bertz CT molecular complexity index is 1240. The van der Waals surface area contributed by atoms with Crippen LogP contribution in [0, 0.1) is 0 Å². The summed E-state index contributed by atoms with van der Waals surface area (Å²) < 4.78 is 38.0. The largest absolute Gasteiger partial charge is 0.481 e. The number of alkyl halides is 3. The summed E-state index contributed by atoms with van der Waals surface area (Å²) in [6.45, 7) is 0. The highest BCUT2D eigenvalue weighted by Crippen LogP contribution is 2.30. The molecule has 0 saturated carbocycles. The van der Waals surface area contributed by atoms with Crippen LogP contribution in [-0.4, -0.2) is 41.0 Å². The molecule has 0 spiro atoms. The van der Waals surface area contributed by atoms with Crippen LogP contribution in [-0.2, 0) is 34.4 Å². The van der Waals surface area contributed by atoms with Gasteiger partial charge in [-0.3, -0.25) is 9.59 Å². The number of rotatable bonds is 9. The predicted molar refractivity (Wildman–Crippen MR) is 132 cm³/mol. The molecular weight excluding hydrogens is 517 g/mol. The molecule has 2 N–H and O–H groups in total. The Morgan fingerprint density at radius 2 is 1.61 bits per heavy atom. The summed E-state index contributed by atoms with van der Waals surface area (Å²) in [6.07, 6.45) is -4.76. The van der Waals surface area contributed by atoms with Crippen LogP contribution >= 0.6 is 23.4 Å². The van der Waals surface area contributed by atoms with Gasteiger partial charge in [0.1, 0.15) is 11.0 Å². The molecule has 0 aliphatic carbocycles. The molecule has 1 amide bonds. The first-order chi connectivity index (χ1) is 16.9. The van der Waals surface area contributed by atoms with Gasteiger partial charge in [-0.15, -0.1) is 0 Å². The molecular formula is C24H22ClF3N4O3S. The minimum Gasteiger partial charge on any atom is -0.481 e. The number of carboxylic acid groups (broad SMARTS) is 1. The van der Waals surface area contributed by atoms with Crippen LogP contribution in [0.3, 0.4) is 0 Å². The predicted octanol–water partition coefficient (Wildman–Crippen LogP) is 5.32. The Morgan fingerprint density at radius 1 is 1.00 bits per heavy atom. The number of nitrogens with zero attached hydrogens (tertiary/aromatic N) is 3. The summed E-state index contributed by atoms with van der Waals surface area (Å²) in [7, 11) is 3.48. The fourth-order valence-corrected chi connectivity index (χ4v) is 4.28. The van der Waals surface area contributed by atoms with Crippen LogP contribution < -0.4 is 10.2 Å². The minimum atomic E-state index is -4.42. The van der Waals surface area contributed by atoms with Crippen molar-refractivity contribution in [1.82, 2.24) is 9.97 Å². The Kier molecular flexibility index (Phi) is 8.80. The van der Waals surface area contributed by atoms with Gasteiger partial charge in [-0.2, -0.15) is 13.2 Å². The van der Waals surface area contributed by atoms with Gasteiger partial charge in [0.05, 0.1) is 18.4 Å². The van der Waals surface area contributed by atoms with Crippen molar-refractivity contribution in [3.63, 3.8) is 0 Å². The van der Waals surface area contributed by atoms with Gasteiger partial charge in [-0.25, -0.2) is 9.97 Å². The maximum atomic E-state index is 12.7. The van der Waals surface area contributed by atoms with Crippen molar-refractivity contribution in [2.75, 3.05) is 24.3 Å². The number of nitrogens with one attached hydrogen (secondary N) is 1. The molecule has 0 aliphatic heterocycles. The summed E-state index contributed by atoms with van der Waals surface area (Å²) in [5.74, 6) is -0.444. The average Bonchev–Trinajstić information content (AvgIpc) is 2.79. The van der Waals surface area contributed by atoms with E-state index in [-0.39, 0.29) is 23.9 Å². The molecule has 0 atom stereocenters. The average molecular weight is 539 g/mol. The van der Waals surface area contributed by atoms with Crippen LogP contribution in [0.15, 0.2) is 53.7 Å². The zero-order chi connectivity index (χ0) is 26.5. The number of benzene rings is 2. The molecule has 12 heteroatoms. The van der Waals surface area contributed by atoms with E-state index >= 15 is 0 Å². The monoisotopic (exact) mass is 538 g/mol. The van der Waals surface area contributed by atoms with E-state index < -0.39 is 17.7 Å². The molecule has 0 saturated heterocycles. The smallest absolute Gasteiger partial charge is 0.416 e. The molecule has 1 heterocycles. The second-order valence-electron chi connectivity index (χ2n) is 7.97. The van der Waals surface area contributed by atoms with Gasteiger partial charge in [0.25, 0.3) is 0 Å². The molecule has 7 nitrogen and oxygen atoms in total. The van der Waals surface area contributed by atoms with Gasteiger partial charge in [0, 0.05) is 31.1 Å². The number of halogens is 4. The summed E-state index contributed by atoms with van der Waals surface area (Å²) in [6, 6.07) is 11.5. The molecule has 0 bridgehead atoms. The van der Waals surface area contributed by atoms with Crippen molar-refractivity contribution in [2.24, 2.45) is 0 Å². The van der Waals surface area contributed by atoms with Gasteiger partial charge in [-0.05, 0) is 35.4 Å². The second kappa shape index (κ2) is 11.6. The number of hydrogen-bond acceptors (Lipinski definition) is 6. The van der Waals surface area contributed by atoms with E-state index in [9.17, 15) is 22.8 Å². The highest BCUT2D eigenvalue weighted by atomic mass is 35.5. The van der Waals surface area contributed by atoms with Crippen molar-refractivity contribution >= 4 is 46.7 Å². The number of aliphatic carboxylic acids is 1. The normalized spacial score (nSPS) is 11.3. The Morgan fingerprint density at radius 3 is 2.17 bits per heavy atom. The Balaban J connectivity index is 1.58. The maximum absolute atomic E-state index is 12.7. The van der Waals surface area contributed by atoms with E-state index in [4.69, 9.17) is 16.7 Å². The van der Waals surface area contributed by atoms with Gasteiger partial charge in [0.15, 0.2) is 5.16 Å². The van der Waals surface area contributed by atoms with Crippen LogP contribution in [0.4, 0.5) is 24.7 Å². The minimum absolute atomic E-state index is 0.0556. The maximum Gasteiger partial charge on any atom is 0.416 e. The summed E-state index contributed by atoms with van der Waals surface area (Å²) in [5.41, 5.74) is 1.52. The lowest BCUT2D eigenvalue weighted by molar-refractivity contribution is -0.138. The van der Waals surface area contributed by atoms with E-state index in [2.05, 4.69) is 15.3 Å². The van der Waals surface area contributed by atoms with Gasteiger partial charge >= 0.3 is 12.1 Å². The van der Waals surface area contributed by atoms with Crippen molar-refractivity contribution in [3.05, 3.63) is 75.9 Å². The quantitative estimate of drug-likeness (QED) is 0.216. The number of carbonyl (C=O) groups is 2. The Hall–Kier alpha value is -3.31. The molecule has 190 valence electrons. The number of carbonyl (C=O) groups excluding carboxylic acids is 1. The van der Waals surface area contributed by atoms with Crippen molar-refractivity contribution < 1.29 is 27.9 Å². The fraction of sp³-hybridized carbons (Fsp3) is 0.250. The van der Waals surface area contributed by atoms with E-state index in [1.165, 1.54) is 23.9 Å². The summed E-state index contributed by atoms with van der Waals surface area (Å²) in [4.78, 5) is 33.7. The molecule has 3 aromatic rings. The van der Waals surface area contributed by atoms with Gasteiger partial charge in [-0.1, -0.05) is 47.6 Å². The number of carboxylic acids is 1.